The zero-order chi connectivity index (χ0) is 12.3. The average molecular weight is 235 g/mol. The zero-order valence-corrected chi connectivity index (χ0v) is 10.6. The number of hydrogen-bond donors (Lipinski definition) is 1. The number of aryl methyl sites for hydroxylation is 1. The van der Waals surface area contributed by atoms with Gasteiger partial charge in [0.1, 0.15) is 5.82 Å². The van der Waals surface area contributed by atoms with Crippen LogP contribution in [0.15, 0.2) is 6.20 Å². The Bertz CT molecular complexity index is 373. The van der Waals surface area contributed by atoms with Gasteiger partial charge in [-0.1, -0.05) is 0 Å². The molecule has 0 amide bonds. The highest BCUT2D eigenvalue weighted by Crippen LogP contribution is 2.17. The first-order valence-corrected chi connectivity index (χ1v) is 6.36. The Morgan fingerprint density at radius 3 is 2.94 bits per heavy atom. The third-order valence-electron chi connectivity index (χ3n) is 3.24. The van der Waals surface area contributed by atoms with E-state index in [2.05, 4.69) is 9.97 Å². The summed E-state index contributed by atoms with van der Waals surface area (Å²) in [6.07, 6.45) is 6.52. The lowest BCUT2D eigenvalue weighted by atomic mass is 10.1. The molecule has 1 unspecified atom stereocenters. The highest BCUT2D eigenvalue weighted by atomic mass is 16.5. The molecule has 0 aromatic carbocycles. The van der Waals surface area contributed by atoms with Crippen molar-refractivity contribution in [3.63, 3.8) is 0 Å². The first kappa shape index (κ1) is 12.5. The molecule has 1 aliphatic heterocycles. The molecule has 2 atom stereocenters. The fraction of sp³-hybridized carbons (Fsp3) is 0.692. The van der Waals surface area contributed by atoms with Crippen LogP contribution in [0.4, 0.5) is 0 Å². The summed E-state index contributed by atoms with van der Waals surface area (Å²) in [5.74, 6) is 0.874. The standard InChI is InChI=1S/C13H21N3O/c1-9(14)12-8-15-13(16-10(12)2)7-11-5-3-4-6-17-11/h8-9,11H,3-7,14H2,1-2H3/t9-,11?/m0/s1. The Kier molecular flexibility index (Phi) is 4.07. The second-order valence-electron chi connectivity index (χ2n) is 4.81. The minimum Gasteiger partial charge on any atom is -0.378 e. The van der Waals surface area contributed by atoms with Gasteiger partial charge in [-0.2, -0.15) is 0 Å². The maximum Gasteiger partial charge on any atom is 0.131 e. The van der Waals surface area contributed by atoms with Crippen LogP contribution in [0.3, 0.4) is 0 Å². The fourth-order valence-corrected chi connectivity index (χ4v) is 2.24. The first-order chi connectivity index (χ1) is 8.16. The summed E-state index contributed by atoms with van der Waals surface area (Å²) >= 11 is 0. The highest BCUT2D eigenvalue weighted by Gasteiger charge is 2.16. The lowest BCUT2D eigenvalue weighted by Crippen LogP contribution is -2.23. The maximum atomic E-state index is 5.84. The van der Waals surface area contributed by atoms with Gasteiger partial charge in [0.05, 0.1) is 6.10 Å². The number of ether oxygens (including phenoxy) is 1. The Labute approximate surface area is 103 Å². The van der Waals surface area contributed by atoms with Crippen LogP contribution < -0.4 is 5.73 Å². The summed E-state index contributed by atoms with van der Waals surface area (Å²) in [6, 6.07) is -0.00465. The Morgan fingerprint density at radius 1 is 1.53 bits per heavy atom. The summed E-state index contributed by atoms with van der Waals surface area (Å²) in [5.41, 5.74) is 7.86. The SMILES string of the molecule is Cc1nc(CC2CCCCO2)ncc1[C@H](C)N. The molecule has 17 heavy (non-hydrogen) atoms. The molecular weight excluding hydrogens is 214 g/mol. The number of hydrogen-bond acceptors (Lipinski definition) is 4. The quantitative estimate of drug-likeness (QED) is 0.869. The molecule has 0 saturated carbocycles. The minimum absolute atomic E-state index is 0.00465. The third kappa shape index (κ3) is 3.23. The molecule has 2 N–H and O–H groups in total. The molecule has 1 fully saturated rings. The summed E-state index contributed by atoms with van der Waals surface area (Å²) < 4.78 is 5.69. The zero-order valence-electron chi connectivity index (χ0n) is 10.6. The van der Waals surface area contributed by atoms with Crippen molar-refractivity contribution in [1.29, 1.82) is 0 Å². The number of nitrogens with zero attached hydrogens (tertiary/aromatic N) is 2. The second-order valence-corrected chi connectivity index (χ2v) is 4.81. The molecule has 1 aromatic heterocycles. The van der Waals surface area contributed by atoms with E-state index in [1.807, 2.05) is 20.0 Å². The van der Waals surface area contributed by atoms with Crippen LogP contribution in [0.25, 0.3) is 0 Å². The van der Waals surface area contributed by atoms with E-state index < -0.39 is 0 Å². The van der Waals surface area contributed by atoms with E-state index in [9.17, 15) is 0 Å². The van der Waals surface area contributed by atoms with Crippen LogP contribution >= 0.6 is 0 Å². The van der Waals surface area contributed by atoms with Gasteiger partial charge < -0.3 is 10.5 Å². The van der Waals surface area contributed by atoms with Crippen molar-refractivity contribution in [2.24, 2.45) is 5.73 Å². The summed E-state index contributed by atoms with van der Waals surface area (Å²) in [6.45, 7) is 4.82. The number of rotatable bonds is 3. The normalized spacial score (nSPS) is 22.4. The Hall–Kier alpha value is -1.00. The molecule has 0 aliphatic carbocycles. The molecule has 0 radical (unpaired) electrons. The van der Waals surface area contributed by atoms with Crippen molar-refractivity contribution >= 4 is 0 Å². The van der Waals surface area contributed by atoms with Gasteiger partial charge in [-0.25, -0.2) is 9.97 Å². The molecule has 2 rings (SSSR count). The van der Waals surface area contributed by atoms with Crippen LogP contribution in [0, 0.1) is 6.92 Å². The lowest BCUT2D eigenvalue weighted by molar-refractivity contribution is 0.0156. The van der Waals surface area contributed by atoms with Crippen molar-refractivity contribution in [3.8, 4) is 0 Å². The van der Waals surface area contributed by atoms with Crippen molar-refractivity contribution in [2.75, 3.05) is 6.61 Å². The molecule has 1 saturated heterocycles. The average Bonchev–Trinajstić information content (AvgIpc) is 2.30. The van der Waals surface area contributed by atoms with Crippen LogP contribution in [0.2, 0.25) is 0 Å². The fourth-order valence-electron chi connectivity index (χ4n) is 2.24. The number of aromatic nitrogens is 2. The highest BCUT2D eigenvalue weighted by molar-refractivity contribution is 5.19. The molecule has 2 heterocycles. The Balaban J connectivity index is 2.04. The van der Waals surface area contributed by atoms with E-state index in [1.54, 1.807) is 0 Å². The van der Waals surface area contributed by atoms with Crippen molar-refractivity contribution in [2.45, 2.75) is 51.7 Å². The van der Waals surface area contributed by atoms with Crippen molar-refractivity contribution in [1.82, 2.24) is 9.97 Å². The van der Waals surface area contributed by atoms with Gasteiger partial charge >= 0.3 is 0 Å². The van der Waals surface area contributed by atoms with Crippen molar-refractivity contribution < 1.29 is 4.74 Å². The molecule has 0 spiro atoms. The van der Waals surface area contributed by atoms with Gasteiger partial charge in [0.2, 0.25) is 0 Å². The minimum atomic E-state index is -0.00465. The molecule has 94 valence electrons. The molecule has 0 bridgehead atoms. The van der Waals surface area contributed by atoms with Gasteiger partial charge in [-0.15, -0.1) is 0 Å². The van der Waals surface area contributed by atoms with E-state index in [1.165, 1.54) is 12.8 Å². The monoisotopic (exact) mass is 235 g/mol. The molecule has 1 aliphatic rings. The van der Waals surface area contributed by atoms with E-state index in [0.717, 1.165) is 36.5 Å². The second kappa shape index (κ2) is 5.56. The maximum absolute atomic E-state index is 5.84. The van der Waals surface area contributed by atoms with Gasteiger partial charge in [0, 0.05) is 36.5 Å². The van der Waals surface area contributed by atoms with Gasteiger partial charge in [-0.05, 0) is 33.1 Å². The molecule has 4 nitrogen and oxygen atoms in total. The third-order valence-corrected chi connectivity index (χ3v) is 3.24. The van der Waals surface area contributed by atoms with E-state index in [0.29, 0.717) is 6.10 Å². The van der Waals surface area contributed by atoms with Crippen LogP contribution in [-0.4, -0.2) is 22.7 Å². The van der Waals surface area contributed by atoms with Crippen LogP contribution in [0.1, 0.15) is 49.3 Å². The van der Waals surface area contributed by atoms with E-state index in [4.69, 9.17) is 10.5 Å². The molecule has 1 aromatic rings. The first-order valence-electron chi connectivity index (χ1n) is 6.36. The summed E-state index contributed by atoms with van der Waals surface area (Å²) in [5, 5.41) is 0. The largest absolute Gasteiger partial charge is 0.378 e. The smallest absolute Gasteiger partial charge is 0.131 e. The predicted octanol–water partition coefficient (Wildman–Crippen LogP) is 1.92. The number of nitrogens with two attached hydrogens (primary N) is 1. The summed E-state index contributed by atoms with van der Waals surface area (Å²) in [4.78, 5) is 8.90. The predicted molar refractivity (Wildman–Crippen MR) is 66.7 cm³/mol. The van der Waals surface area contributed by atoms with E-state index in [-0.39, 0.29) is 6.04 Å². The van der Waals surface area contributed by atoms with Gasteiger partial charge in [-0.3, -0.25) is 0 Å². The van der Waals surface area contributed by atoms with Crippen LogP contribution in [0.5, 0.6) is 0 Å². The lowest BCUT2D eigenvalue weighted by Gasteiger charge is -2.22. The Morgan fingerprint density at radius 2 is 2.35 bits per heavy atom. The summed E-state index contributed by atoms with van der Waals surface area (Å²) in [7, 11) is 0. The van der Waals surface area contributed by atoms with Crippen molar-refractivity contribution in [3.05, 3.63) is 23.3 Å². The van der Waals surface area contributed by atoms with Gasteiger partial charge in [0.15, 0.2) is 0 Å². The van der Waals surface area contributed by atoms with E-state index >= 15 is 0 Å². The van der Waals surface area contributed by atoms with Gasteiger partial charge in [0.25, 0.3) is 0 Å². The topological polar surface area (TPSA) is 61.0 Å². The molecule has 4 heteroatoms. The molecular formula is C13H21N3O. The van der Waals surface area contributed by atoms with Crippen LogP contribution in [-0.2, 0) is 11.2 Å².